The Morgan fingerprint density at radius 1 is 1.11 bits per heavy atom. The summed E-state index contributed by atoms with van der Waals surface area (Å²) in [6, 6.07) is 11.1. The van der Waals surface area contributed by atoms with E-state index in [0.29, 0.717) is 31.3 Å². The van der Waals surface area contributed by atoms with E-state index in [9.17, 15) is 9.59 Å². The summed E-state index contributed by atoms with van der Waals surface area (Å²) in [4.78, 5) is 36.0. The SMILES string of the molecule is CCCN(CCC)c1nc2c(C)cccn2c(=O)c1/C=C1\SC(=S)N(Cc2ccccc2Cl)C1=O. The second kappa shape index (κ2) is 10.9. The first-order chi connectivity index (χ1) is 16.8. The highest BCUT2D eigenvalue weighted by Gasteiger charge is 2.33. The van der Waals surface area contributed by atoms with Gasteiger partial charge in [0.25, 0.3) is 11.5 Å². The molecule has 1 saturated heterocycles. The van der Waals surface area contributed by atoms with Crippen LogP contribution in [0.2, 0.25) is 5.02 Å². The van der Waals surface area contributed by atoms with Crippen LogP contribution in [0.3, 0.4) is 0 Å². The average Bonchev–Trinajstić information content (AvgIpc) is 3.10. The Bertz CT molecular complexity index is 1380. The molecule has 2 aromatic heterocycles. The molecule has 6 nitrogen and oxygen atoms in total. The van der Waals surface area contributed by atoms with Crippen LogP contribution in [-0.4, -0.2) is 37.6 Å². The molecule has 0 unspecified atom stereocenters. The molecule has 0 radical (unpaired) electrons. The van der Waals surface area contributed by atoms with E-state index in [4.69, 9.17) is 28.8 Å². The number of rotatable bonds is 8. The lowest BCUT2D eigenvalue weighted by Gasteiger charge is -2.25. The van der Waals surface area contributed by atoms with Gasteiger partial charge in [0, 0.05) is 24.3 Å². The molecule has 0 spiro atoms. The van der Waals surface area contributed by atoms with Gasteiger partial charge in [-0.15, -0.1) is 0 Å². The number of benzene rings is 1. The fourth-order valence-electron chi connectivity index (χ4n) is 4.10. The van der Waals surface area contributed by atoms with E-state index in [-0.39, 0.29) is 18.0 Å². The molecule has 1 aliphatic rings. The van der Waals surface area contributed by atoms with Crippen molar-refractivity contribution in [3.8, 4) is 0 Å². The second-order valence-electron chi connectivity index (χ2n) is 8.39. The van der Waals surface area contributed by atoms with Crippen molar-refractivity contribution in [1.82, 2.24) is 14.3 Å². The van der Waals surface area contributed by atoms with Crippen LogP contribution in [0, 0.1) is 6.92 Å². The van der Waals surface area contributed by atoms with E-state index in [1.807, 2.05) is 37.3 Å². The van der Waals surface area contributed by atoms with E-state index in [0.717, 1.165) is 37.1 Å². The van der Waals surface area contributed by atoms with Gasteiger partial charge in [0.2, 0.25) is 0 Å². The minimum atomic E-state index is -0.239. The van der Waals surface area contributed by atoms with Crippen LogP contribution in [0.5, 0.6) is 0 Å². The number of hydrogen-bond donors (Lipinski definition) is 0. The van der Waals surface area contributed by atoms with Crippen molar-refractivity contribution in [3.63, 3.8) is 0 Å². The van der Waals surface area contributed by atoms with Gasteiger partial charge in [0.1, 0.15) is 15.8 Å². The van der Waals surface area contributed by atoms with Crippen LogP contribution in [0.15, 0.2) is 52.3 Å². The topological polar surface area (TPSA) is 57.9 Å². The first-order valence-corrected chi connectivity index (χ1v) is 13.2. The predicted octanol–water partition coefficient (Wildman–Crippen LogP) is 5.68. The molecule has 1 amide bonds. The molecule has 35 heavy (non-hydrogen) atoms. The van der Waals surface area contributed by atoms with Gasteiger partial charge in [-0.1, -0.05) is 73.7 Å². The fraction of sp³-hybridized carbons (Fsp3) is 0.308. The first kappa shape index (κ1) is 25.4. The van der Waals surface area contributed by atoms with Crippen molar-refractivity contribution < 1.29 is 4.79 Å². The maximum Gasteiger partial charge on any atom is 0.267 e. The number of thioether (sulfide) groups is 1. The lowest BCUT2D eigenvalue weighted by Crippen LogP contribution is -2.31. The zero-order valence-corrected chi connectivity index (χ0v) is 22.3. The maximum absolute atomic E-state index is 13.7. The Morgan fingerprint density at radius 3 is 2.51 bits per heavy atom. The Labute approximate surface area is 219 Å². The number of aromatic nitrogens is 2. The summed E-state index contributed by atoms with van der Waals surface area (Å²) in [5, 5.41) is 0.579. The molecular weight excluding hydrogens is 500 g/mol. The van der Waals surface area contributed by atoms with Crippen LogP contribution >= 0.6 is 35.6 Å². The summed E-state index contributed by atoms with van der Waals surface area (Å²) < 4.78 is 1.98. The van der Waals surface area contributed by atoms with Gasteiger partial charge < -0.3 is 4.90 Å². The molecule has 0 atom stereocenters. The maximum atomic E-state index is 13.7. The molecule has 182 valence electrons. The Balaban J connectivity index is 1.82. The van der Waals surface area contributed by atoms with E-state index in [1.165, 1.54) is 16.7 Å². The van der Waals surface area contributed by atoms with Gasteiger partial charge >= 0.3 is 0 Å². The molecule has 1 aromatic carbocycles. The number of thiocarbonyl (C=S) groups is 1. The lowest BCUT2D eigenvalue weighted by molar-refractivity contribution is -0.122. The van der Waals surface area contributed by atoms with Crippen LogP contribution in [0.1, 0.15) is 43.4 Å². The van der Waals surface area contributed by atoms with Crippen molar-refractivity contribution in [1.29, 1.82) is 0 Å². The number of carbonyl (C=O) groups excluding carboxylic acids is 1. The number of halogens is 1. The lowest BCUT2D eigenvalue weighted by atomic mass is 10.2. The average molecular weight is 527 g/mol. The predicted molar refractivity (Wildman–Crippen MR) is 149 cm³/mol. The molecule has 0 saturated carbocycles. The zero-order valence-electron chi connectivity index (χ0n) is 20.0. The Kier molecular flexibility index (Phi) is 7.94. The van der Waals surface area contributed by atoms with Crippen molar-refractivity contribution in [2.75, 3.05) is 18.0 Å². The minimum Gasteiger partial charge on any atom is -0.356 e. The van der Waals surface area contributed by atoms with Crippen molar-refractivity contribution >= 4 is 63.3 Å². The number of anilines is 1. The third kappa shape index (κ3) is 5.15. The highest BCUT2D eigenvalue weighted by molar-refractivity contribution is 8.26. The van der Waals surface area contributed by atoms with Crippen LogP contribution < -0.4 is 10.5 Å². The molecule has 4 rings (SSSR count). The van der Waals surface area contributed by atoms with Gasteiger partial charge in [0.15, 0.2) is 0 Å². The molecule has 1 fully saturated rings. The zero-order chi connectivity index (χ0) is 25.1. The molecule has 0 aliphatic carbocycles. The van der Waals surface area contributed by atoms with E-state index >= 15 is 0 Å². The van der Waals surface area contributed by atoms with Crippen molar-refractivity contribution in [2.24, 2.45) is 0 Å². The number of nitrogens with zero attached hydrogens (tertiary/aromatic N) is 4. The number of pyridine rings is 1. The molecule has 0 bridgehead atoms. The van der Waals surface area contributed by atoms with Gasteiger partial charge in [0.05, 0.1) is 17.0 Å². The summed E-state index contributed by atoms with van der Waals surface area (Å²) in [5.74, 6) is 0.363. The highest BCUT2D eigenvalue weighted by Crippen LogP contribution is 2.35. The molecule has 3 heterocycles. The Morgan fingerprint density at radius 2 is 1.83 bits per heavy atom. The molecular formula is C26H27ClN4O2S2. The minimum absolute atomic E-state index is 0.206. The van der Waals surface area contributed by atoms with E-state index < -0.39 is 0 Å². The molecule has 3 aromatic rings. The Hall–Kier alpha value is -2.68. The second-order valence-corrected chi connectivity index (χ2v) is 10.5. The smallest absolute Gasteiger partial charge is 0.267 e. The van der Waals surface area contributed by atoms with Gasteiger partial charge in [-0.05, 0) is 49.1 Å². The quantitative estimate of drug-likeness (QED) is 0.278. The summed E-state index contributed by atoms with van der Waals surface area (Å²) in [6.45, 7) is 7.94. The summed E-state index contributed by atoms with van der Waals surface area (Å²) >= 11 is 13.0. The fourth-order valence-corrected chi connectivity index (χ4v) is 5.53. The molecule has 9 heteroatoms. The number of amides is 1. The normalized spacial score (nSPS) is 15.0. The van der Waals surface area contributed by atoms with E-state index in [2.05, 4.69) is 18.7 Å². The first-order valence-electron chi connectivity index (χ1n) is 11.6. The summed E-state index contributed by atoms with van der Waals surface area (Å²) in [6.07, 6.45) is 5.19. The summed E-state index contributed by atoms with van der Waals surface area (Å²) in [7, 11) is 0. The van der Waals surface area contributed by atoms with Crippen LogP contribution in [0.25, 0.3) is 11.7 Å². The van der Waals surface area contributed by atoms with Gasteiger partial charge in [-0.25, -0.2) is 4.98 Å². The van der Waals surface area contributed by atoms with Gasteiger partial charge in [-0.3, -0.25) is 18.9 Å². The highest BCUT2D eigenvalue weighted by atomic mass is 35.5. The number of aryl methyl sites for hydroxylation is 1. The largest absolute Gasteiger partial charge is 0.356 e. The van der Waals surface area contributed by atoms with Crippen molar-refractivity contribution in [3.05, 3.63) is 79.6 Å². The number of carbonyl (C=O) groups is 1. The molecule has 1 aliphatic heterocycles. The van der Waals surface area contributed by atoms with E-state index in [1.54, 1.807) is 22.7 Å². The van der Waals surface area contributed by atoms with Gasteiger partial charge in [-0.2, -0.15) is 0 Å². The third-order valence-corrected chi connectivity index (χ3v) is 7.53. The molecule has 0 N–H and O–H groups in total. The summed E-state index contributed by atoms with van der Waals surface area (Å²) in [5.41, 5.74) is 2.53. The number of hydrogen-bond acceptors (Lipinski definition) is 6. The third-order valence-electron chi connectivity index (χ3n) is 5.79. The standard InChI is InChI=1S/C26H27ClN4O2S2/c1-4-12-29(13-5-2)23-19(24(32)30-14-8-9-17(3)22(30)28-23)15-21-25(33)31(26(34)35-21)16-18-10-6-7-11-20(18)27/h6-11,14-15H,4-5,12-13,16H2,1-3H3/b21-15-. The number of fused-ring (bicyclic) bond motifs is 1. The van der Waals surface area contributed by atoms with Crippen molar-refractivity contribution in [2.45, 2.75) is 40.2 Å². The van der Waals surface area contributed by atoms with Crippen LogP contribution in [0.4, 0.5) is 5.82 Å². The monoisotopic (exact) mass is 526 g/mol. The van der Waals surface area contributed by atoms with Crippen LogP contribution in [-0.2, 0) is 11.3 Å².